The summed E-state index contributed by atoms with van der Waals surface area (Å²) >= 11 is 0. The average Bonchev–Trinajstić information content (AvgIpc) is 2.93. The largest absolute Gasteiger partial charge is 0.497 e. The minimum Gasteiger partial charge on any atom is -0.497 e. The highest BCUT2D eigenvalue weighted by molar-refractivity contribution is 5.90. The second-order valence-electron chi connectivity index (χ2n) is 3.72. The van der Waals surface area contributed by atoms with Crippen LogP contribution < -0.4 is 10.1 Å². The van der Waals surface area contributed by atoms with E-state index in [0.717, 1.165) is 17.7 Å². The van der Waals surface area contributed by atoms with Gasteiger partial charge in [0.2, 0.25) is 5.76 Å². The Morgan fingerprint density at radius 1 is 1.39 bits per heavy atom. The second-order valence-corrected chi connectivity index (χ2v) is 3.72. The number of methoxy groups -OCH3 is 1. The number of amides is 1. The Morgan fingerprint density at radius 2 is 2.17 bits per heavy atom. The van der Waals surface area contributed by atoms with Crippen molar-refractivity contribution in [1.82, 2.24) is 10.3 Å². The molecule has 2 rings (SSSR count). The van der Waals surface area contributed by atoms with Crippen LogP contribution in [0.4, 0.5) is 0 Å². The van der Waals surface area contributed by atoms with Gasteiger partial charge in [-0.3, -0.25) is 4.79 Å². The number of ether oxygens (including phenoxy) is 1. The first-order chi connectivity index (χ1) is 8.79. The molecule has 0 unspecified atom stereocenters. The van der Waals surface area contributed by atoms with Crippen LogP contribution in [0.15, 0.2) is 41.3 Å². The molecule has 1 amide bonds. The van der Waals surface area contributed by atoms with Crippen LogP contribution in [0.25, 0.3) is 0 Å². The van der Waals surface area contributed by atoms with Gasteiger partial charge in [-0.05, 0) is 24.1 Å². The van der Waals surface area contributed by atoms with Crippen molar-refractivity contribution in [3.8, 4) is 5.75 Å². The summed E-state index contributed by atoms with van der Waals surface area (Å²) < 4.78 is 9.96. The summed E-state index contributed by atoms with van der Waals surface area (Å²) in [7, 11) is 1.63. The van der Waals surface area contributed by atoms with Crippen molar-refractivity contribution >= 4 is 5.91 Å². The van der Waals surface area contributed by atoms with Gasteiger partial charge in [-0.25, -0.2) is 4.98 Å². The van der Waals surface area contributed by atoms with Crippen molar-refractivity contribution < 1.29 is 13.9 Å². The molecule has 1 N–H and O–H groups in total. The first kappa shape index (κ1) is 12.2. The third-order valence-electron chi connectivity index (χ3n) is 2.51. The van der Waals surface area contributed by atoms with Crippen LogP contribution in [0.1, 0.15) is 16.1 Å². The molecule has 0 fully saturated rings. The molecule has 94 valence electrons. The van der Waals surface area contributed by atoms with Crippen molar-refractivity contribution in [2.24, 2.45) is 0 Å². The first-order valence-corrected chi connectivity index (χ1v) is 5.59. The van der Waals surface area contributed by atoms with Gasteiger partial charge in [-0.2, -0.15) is 0 Å². The minimum atomic E-state index is -0.249. The standard InChI is InChI=1S/C13H14N2O3/c1-17-11-4-2-10(3-5-11)6-7-15-13(16)12-8-14-9-18-12/h2-5,8-9H,6-7H2,1H3,(H,15,16). The molecule has 1 aromatic carbocycles. The zero-order chi connectivity index (χ0) is 12.8. The van der Waals surface area contributed by atoms with Crippen molar-refractivity contribution in [3.63, 3.8) is 0 Å². The van der Waals surface area contributed by atoms with E-state index >= 15 is 0 Å². The molecule has 0 aliphatic rings. The molecular weight excluding hydrogens is 232 g/mol. The molecule has 1 aromatic heterocycles. The Bertz CT molecular complexity index is 491. The number of nitrogens with zero attached hydrogens (tertiary/aromatic N) is 1. The number of hydrogen-bond acceptors (Lipinski definition) is 4. The van der Waals surface area contributed by atoms with Gasteiger partial charge >= 0.3 is 0 Å². The van der Waals surface area contributed by atoms with Crippen molar-refractivity contribution in [1.29, 1.82) is 0 Å². The zero-order valence-corrected chi connectivity index (χ0v) is 10.1. The third kappa shape index (κ3) is 3.10. The van der Waals surface area contributed by atoms with E-state index in [1.165, 1.54) is 12.6 Å². The number of oxazole rings is 1. The van der Waals surface area contributed by atoms with Gasteiger partial charge in [0.1, 0.15) is 5.75 Å². The molecule has 0 aliphatic carbocycles. The van der Waals surface area contributed by atoms with E-state index in [1.54, 1.807) is 7.11 Å². The fraction of sp³-hybridized carbons (Fsp3) is 0.231. The Labute approximate surface area is 105 Å². The van der Waals surface area contributed by atoms with Crippen LogP contribution in [-0.2, 0) is 6.42 Å². The number of aromatic nitrogens is 1. The molecule has 0 atom stereocenters. The van der Waals surface area contributed by atoms with E-state index in [0.29, 0.717) is 6.54 Å². The lowest BCUT2D eigenvalue weighted by Crippen LogP contribution is -2.25. The lowest BCUT2D eigenvalue weighted by atomic mass is 10.1. The topological polar surface area (TPSA) is 64.4 Å². The van der Waals surface area contributed by atoms with Crippen LogP contribution in [0, 0.1) is 0 Å². The van der Waals surface area contributed by atoms with Gasteiger partial charge in [-0.1, -0.05) is 12.1 Å². The SMILES string of the molecule is COc1ccc(CCNC(=O)c2cnco2)cc1. The van der Waals surface area contributed by atoms with Gasteiger partial charge in [0.05, 0.1) is 13.3 Å². The van der Waals surface area contributed by atoms with Gasteiger partial charge in [0.25, 0.3) is 5.91 Å². The van der Waals surface area contributed by atoms with E-state index < -0.39 is 0 Å². The number of hydrogen-bond donors (Lipinski definition) is 1. The highest BCUT2D eigenvalue weighted by atomic mass is 16.5. The molecular formula is C13H14N2O3. The smallest absolute Gasteiger partial charge is 0.288 e. The second kappa shape index (κ2) is 5.86. The Kier molecular flexibility index (Phi) is 3.96. The molecule has 1 heterocycles. The molecule has 18 heavy (non-hydrogen) atoms. The highest BCUT2D eigenvalue weighted by Gasteiger charge is 2.07. The first-order valence-electron chi connectivity index (χ1n) is 5.59. The lowest BCUT2D eigenvalue weighted by Gasteiger charge is -2.04. The monoisotopic (exact) mass is 246 g/mol. The van der Waals surface area contributed by atoms with Crippen LogP contribution in [0.2, 0.25) is 0 Å². The predicted molar refractivity (Wildman–Crippen MR) is 65.5 cm³/mol. The summed E-state index contributed by atoms with van der Waals surface area (Å²) in [5, 5.41) is 2.76. The summed E-state index contributed by atoms with van der Waals surface area (Å²) in [6.45, 7) is 0.547. The van der Waals surface area contributed by atoms with E-state index in [-0.39, 0.29) is 11.7 Å². The molecule has 5 heteroatoms. The maximum Gasteiger partial charge on any atom is 0.288 e. The molecule has 0 saturated heterocycles. The maximum absolute atomic E-state index is 11.5. The number of nitrogens with one attached hydrogen (secondary N) is 1. The summed E-state index contributed by atoms with van der Waals surface area (Å²) in [5.74, 6) is 0.801. The van der Waals surface area contributed by atoms with Gasteiger partial charge in [-0.15, -0.1) is 0 Å². The number of rotatable bonds is 5. The maximum atomic E-state index is 11.5. The molecule has 0 saturated carbocycles. The fourth-order valence-corrected chi connectivity index (χ4v) is 1.53. The fourth-order valence-electron chi connectivity index (χ4n) is 1.53. The lowest BCUT2D eigenvalue weighted by molar-refractivity contribution is 0.0926. The van der Waals surface area contributed by atoms with E-state index in [2.05, 4.69) is 10.3 Å². The van der Waals surface area contributed by atoms with Gasteiger partial charge in [0, 0.05) is 6.54 Å². The summed E-state index contributed by atoms with van der Waals surface area (Å²) in [6, 6.07) is 7.74. The van der Waals surface area contributed by atoms with Crippen molar-refractivity contribution in [3.05, 3.63) is 48.2 Å². The Hall–Kier alpha value is -2.30. The van der Waals surface area contributed by atoms with Crippen LogP contribution in [-0.4, -0.2) is 24.5 Å². The summed E-state index contributed by atoms with van der Waals surface area (Å²) in [5.41, 5.74) is 1.13. The number of carbonyl (C=O) groups excluding carboxylic acids is 1. The third-order valence-corrected chi connectivity index (χ3v) is 2.51. The minimum absolute atomic E-state index is 0.227. The Morgan fingerprint density at radius 3 is 2.78 bits per heavy atom. The van der Waals surface area contributed by atoms with Crippen molar-refractivity contribution in [2.75, 3.05) is 13.7 Å². The quantitative estimate of drug-likeness (QED) is 0.871. The van der Waals surface area contributed by atoms with E-state index in [1.807, 2.05) is 24.3 Å². The van der Waals surface area contributed by atoms with Crippen LogP contribution in [0.3, 0.4) is 0 Å². The molecule has 0 aliphatic heterocycles. The van der Waals surface area contributed by atoms with E-state index in [9.17, 15) is 4.79 Å². The molecule has 2 aromatic rings. The molecule has 0 bridgehead atoms. The number of carbonyl (C=O) groups is 1. The molecule has 0 spiro atoms. The molecule has 5 nitrogen and oxygen atoms in total. The highest BCUT2D eigenvalue weighted by Crippen LogP contribution is 2.11. The van der Waals surface area contributed by atoms with Crippen LogP contribution in [0.5, 0.6) is 5.75 Å². The van der Waals surface area contributed by atoms with Gasteiger partial charge < -0.3 is 14.5 Å². The van der Waals surface area contributed by atoms with Gasteiger partial charge in [0.15, 0.2) is 6.39 Å². The van der Waals surface area contributed by atoms with Crippen molar-refractivity contribution in [2.45, 2.75) is 6.42 Å². The summed E-state index contributed by atoms with van der Waals surface area (Å²) in [6.07, 6.45) is 3.38. The Balaban J connectivity index is 1.79. The summed E-state index contributed by atoms with van der Waals surface area (Å²) in [4.78, 5) is 15.2. The molecule has 0 radical (unpaired) electrons. The predicted octanol–water partition coefficient (Wildman–Crippen LogP) is 1.66. The van der Waals surface area contributed by atoms with E-state index in [4.69, 9.17) is 9.15 Å². The normalized spacial score (nSPS) is 10.1. The van der Waals surface area contributed by atoms with Crippen LogP contribution >= 0.6 is 0 Å². The number of benzene rings is 1. The average molecular weight is 246 g/mol. The zero-order valence-electron chi connectivity index (χ0n) is 10.1.